The van der Waals surface area contributed by atoms with E-state index in [-0.39, 0.29) is 0 Å². The Morgan fingerprint density at radius 1 is 0.568 bits per heavy atom. The SMILES string of the molecule is CC[N+](CC)=c1nc(-c2ccccc2)[se][se]1.CC[N+](CC)=c1nc(-c2ccccc2)[se][se]1.[Cl][Ni-2]([Cl])([Cl])[Cl]. The molecule has 0 radical (unpaired) electrons. The van der Waals surface area contributed by atoms with Crippen molar-refractivity contribution in [2.75, 3.05) is 26.2 Å². The molecule has 4 rings (SSSR count). The molecule has 13 heteroatoms. The molecular formula is C24H30Cl4N4NiSe4. The molecule has 4 aromatic rings. The topological polar surface area (TPSA) is 31.8 Å². The van der Waals surface area contributed by atoms with Crippen LogP contribution < -0.4 is 17.9 Å². The van der Waals surface area contributed by atoms with Gasteiger partial charge in [-0.3, -0.25) is 0 Å². The quantitative estimate of drug-likeness (QED) is 0.216. The molecule has 0 aliphatic heterocycles. The van der Waals surface area contributed by atoms with Crippen LogP contribution in [-0.4, -0.2) is 86.7 Å². The standard InChI is InChI=1S/2C12H15N2Se2.4ClH.Ni/c2*1-3-14(4-2)12-13-11(15-16-12)10-8-6-5-7-9-10;;;;;/h2*5-9H,3-4H2,1-2H3;4*1H;/q2*+1;;;;;+2/p-4. The van der Waals surface area contributed by atoms with Crippen molar-refractivity contribution in [1.82, 2.24) is 19.1 Å². The normalized spacial score (nSPS) is 11.0. The first kappa shape index (κ1) is 34.1. The van der Waals surface area contributed by atoms with E-state index >= 15 is 0 Å². The Balaban J connectivity index is 0.000000221. The summed E-state index contributed by atoms with van der Waals surface area (Å²) in [5.41, 5.74) is 2.62. The van der Waals surface area contributed by atoms with Crippen LogP contribution in [0.5, 0.6) is 0 Å². The summed E-state index contributed by atoms with van der Waals surface area (Å²) < 4.78 is 10.1. The number of halogens is 4. The van der Waals surface area contributed by atoms with Crippen LogP contribution in [0.1, 0.15) is 27.7 Å². The summed E-state index contributed by atoms with van der Waals surface area (Å²) in [4.78, 5) is 9.63. The van der Waals surface area contributed by atoms with Crippen molar-refractivity contribution in [1.29, 1.82) is 0 Å². The van der Waals surface area contributed by atoms with Gasteiger partial charge in [-0.1, -0.05) is 0 Å². The van der Waals surface area contributed by atoms with E-state index in [1.165, 1.54) is 29.0 Å². The van der Waals surface area contributed by atoms with Crippen LogP contribution in [0.3, 0.4) is 0 Å². The molecule has 0 saturated heterocycles. The van der Waals surface area contributed by atoms with Crippen molar-refractivity contribution in [2.24, 2.45) is 0 Å². The average Bonchev–Trinajstić information content (AvgIpc) is 3.57. The van der Waals surface area contributed by atoms with Gasteiger partial charge in [-0.2, -0.15) is 0 Å². The van der Waals surface area contributed by atoms with Crippen molar-refractivity contribution in [3.05, 3.63) is 69.4 Å². The van der Waals surface area contributed by atoms with Crippen molar-refractivity contribution < 1.29 is 8.82 Å². The Kier molecular flexibility index (Phi) is 16.9. The van der Waals surface area contributed by atoms with E-state index in [2.05, 4.69) is 97.5 Å². The van der Waals surface area contributed by atoms with Gasteiger partial charge in [-0.25, -0.2) is 0 Å². The maximum atomic E-state index is 4.92. The second-order valence-corrected chi connectivity index (χ2v) is 28.7. The number of benzene rings is 2. The van der Waals surface area contributed by atoms with Gasteiger partial charge in [0.1, 0.15) is 0 Å². The van der Waals surface area contributed by atoms with E-state index in [0.29, 0.717) is 50.5 Å². The number of rotatable bonds is 6. The Hall–Kier alpha value is 0.851. The van der Waals surface area contributed by atoms with Crippen LogP contribution >= 0.6 is 40.8 Å². The monoisotopic (exact) mass is 892 g/mol. The zero-order valence-corrected chi connectivity index (χ0v) is 31.7. The predicted octanol–water partition coefficient (Wildman–Crippen LogP) is 4.10. The fourth-order valence-corrected chi connectivity index (χ4v) is 17.2. The summed E-state index contributed by atoms with van der Waals surface area (Å²) in [6, 6.07) is 21.2. The third-order valence-electron chi connectivity index (χ3n) is 4.89. The summed E-state index contributed by atoms with van der Waals surface area (Å²) in [5.74, 6) is 0. The summed E-state index contributed by atoms with van der Waals surface area (Å²) in [7, 11) is 17.3. The fraction of sp³-hybridized carbons (Fsp3) is 0.333. The van der Waals surface area contributed by atoms with Gasteiger partial charge in [0.15, 0.2) is 0 Å². The number of hydrogen-bond donors (Lipinski definition) is 0. The Morgan fingerprint density at radius 3 is 1.14 bits per heavy atom. The fourth-order valence-electron chi connectivity index (χ4n) is 3.02. The van der Waals surface area contributed by atoms with E-state index in [1.54, 1.807) is 0 Å². The molecule has 0 amide bonds. The Labute approximate surface area is 259 Å². The first-order valence-corrected chi connectivity index (χ1v) is 28.9. The summed E-state index contributed by atoms with van der Waals surface area (Å²) >= 11 is 2.33. The van der Waals surface area contributed by atoms with Crippen molar-refractivity contribution in [2.45, 2.75) is 27.7 Å². The average molecular weight is 891 g/mol. The molecule has 0 aliphatic carbocycles. The first-order chi connectivity index (χ1) is 17.7. The number of aromatic nitrogens is 2. The van der Waals surface area contributed by atoms with Gasteiger partial charge in [0, 0.05) is 0 Å². The van der Waals surface area contributed by atoms with Crippen LogP contribution in [0.2, 0.25) is 0 Å². The molecule has 0 saturated carbocycles. The Morgan fingerprint density at radius 2 is 0.865 bits per heavy atom. The van der Waals surface area contributed by atoms with Gasteiger partial charge in [0.05, 0.1) is 0 Å². The summed E-state index contributed by atoms with van der Waals surface area (Å²) in [5, 5.41) is 0. The molecule has 37 heavy (non-hydrogen) atoms. The molecule has 4 nitrogen and oxygen atoms in total. The van der Waals surface area contributed by atoms with Crippen molar-refractivity contribution >= 4 is 91.3 Å². The second kappa shape index (κ2) is 18.3. The van der Waals surface area contributed by atoms with E-state index in [1.807, 2.05) is 0 Å². The number of nitrogens with zero attached hydrogens (tertiary/aromatic N) is 4. The summed E-state index contributed by atoms with van der Waals surface area (Å²) in [6.45, 7) is 13.1. The zero-order chi connectivity index (χ0) is 27.3. The van der Waals surface area contributed by atoms with Gasteiger partial charge in [-0.15, -0.1) is 0 Å². The van der Waals surface area contributed by atoms with Gasteiger partial charge in [0.2, 0.25) is 0 Å². The molecule has 0 aliphatic rings. The van der Waals surface area contributed by atoms with Crippen LogP contribution in [-0.2, 0) is 8.82 Å². The van der Waals surface area contributed by atoms with Crippen LogP contribution in [0.15, 0.2) is 60.7 Å². The molecule has 0 N–H and O–H groups in total. The predicted molar refractivity (Wildman–Crippen MR) is 163 cm³/mol. The Bertz CT molecular complexity index is 1210. The second-order valence-electron chi connectivity index (χ2n) is 7.08. The molecular weight excluding hydrogens is 861 g/mol. The van der Waals surface area contributed by atoms with Crippen molar-refractivity contribution in [3.8, 4) is 20.3 Å². The third-order valence-corrected chi connectivity index (χ3v) is 17.9. The molecule has 2 aromatic heterocycles. The van der Waals surface area contributed by atoms with E-state index in [9.17, 15) is 0 Å². The zero-order valence-electron chi connectivity index (χ0n) is 20.9. The van der Waals surface area contributed by atoms with Gasteiger partial charge >= 0.3 is 263 Å². The first-order valence-electron chi connectivity index (χ1n) is 11.4. The minimum absolute atomic E-state index is 0.576. The van der Waals surface area contributed by atoms with E-state index in [4.69, 9.17) is 50.7 Å². The molecule has 2 heterocycles. The molecule has 0 atom stereocenters. The minimum atomic E-state index is -2.36. The number of hydrogen-bond acceptors (Lipinski definition) is 2. The molecule has 0 spiro atoms. The van der Waals surface area contributed by atoms with Gasteiger partial charge < -0.3 is 0 Å². The van der Waals surface area contributed by atoms with Gasteiger partial charge in [-0.05, 0) is 0 Å². The van der Waals surface area contributed by atoms with E-state index in [0.717, 1.165) is 26.2 Å². The van der Waals surface area contributed by atoms with E-state index < -0.39 is 8.82 Å². The third kappa shape index (κ3) is 12.9. The molecule has 0 unspecified atom stereocenters. The molecule has 0 bridgehead atoms. The molecule has 2 aromatic carbocycles. The van der Waals surface area contributed by atoms with Crippen LogP contribution in [0, 0.1) is 0 Å². The van der Waals surface area contributed by atoms with Crippen LogP contribution in [0.4, 0.5) is 0 Å². The van der Waals surface area contributed by atoms with Crippen LogP contribution in [0.25, 0.3) is 20.3 Å². The maximum absolute atomic E-state index is 4.92. The van der Waals surface area contributed by atoms with Crippen molar-refractivity contribution in [3.63, 3.8) is 0 Å². The molecule has 0 fully saturated rings. The summed E-state index contributed by atoms with van der Waals surface area (Å²) in [6.07, 6.45) is 0. The van der Waals surface area contributed by atoms with Gasteiger partial charge in [0.25, 0.3) is 0 Å². The molecule has 208 valence electrons.